The minimum atomic E-state index is -0.329. The lowest BCUT2D eigenvalue weighted by Crippen LogP contribution is -2.51. The molecule has 1 heterocycles. The van der Waals surface area contributed by atoms with Gasteiger partial charge in [0.05, 0.1) is 13.2 Å². The number of morpholine rings is 1. The summed E-state index contributed by atoms with van der Waals surface area (Å²) in [6.45, 7) is 8.16. The topological polar surface area (TPSA) is 41.6 Å². The van der Waals surface area contributed by atoms with E-state index in [0.717, 1.165) is 26.3 Å². The molecule has 0 saturated carbocycles. The van der Waals surface area contributed by atoms with Crippen molar-refractivity contribution in [1.82, 2.24) is 10.2 Å². The highest BCUT2D eigenvalue weighted by Gasteiger charge is 2.23. The molecule has 0 bridgehead atoms. The van der Waals surface area contributed by atoms with Crippen molar-refractivity contribution < 1.29 is 13.9 Å². The molecule has 0 radical (unpaired) electrons. The Hall–Kier alpha value is -1.72. The zero-order valence-corrected chi connectivity index (χ0v) is 13.8. The van der Waals surface area contributed by atoms with Gasteiger partial charge in [-0.2, -0.15) is 0 Å². The van der Waals surface area contributed by atoms with Crippen LogP contribution in [-0.2, 0) is 9.53 Å². The average Bonchev–Trinajstić information content (AvgIpc) is 2.55. The molecule has 1 aliphatic heterocycles. The molecule has 1 fully saturated rings. The molecule has 1 N–H and O–H groups in total. The SMILES string of the molecule is CC(C)C(CNC(=O)C=Cc1ccccc1F)N1CCOCC1. The van der Waals surface area contributed by atoms with Crippen LogP contribution < -0.4 is 5.32 Å². The Morgan fingerprint density at radius 2 is 2.04 bits per heavy atom. The first kappa shape index (κ1) is 17.6. The Bertz CT molecular complexity index is 540. The van der Waals surface area contributed by atoms with Crippen molar-refractivity contribution in [3.05, 3.63) is 41.7 Å². The minimum Gasteiger partial charge on any atom is -0.379 e. The molecule has 1 atom stereocenters. The molecule has 126 valence electrons. The fraction of sp³-hybridized carbons (Fsp3) is 0.500. The summed E-state index contributed by atoms with van der Waals surface area (Å²) in [5.74, 6) is -0.0963. The number of carbonyl (C=O) groups excluding carboxylic acids is 1. The molecule has 0 aromatic heterocycles. The number of ether oxygens (including phenoxy) is 1. The summed E-state index contributed by atoms with van der Waals surface area (Å²) in [6, 6.07) is 6.68. The number of hydrogen-bond donors (Lipinski definition) is 1. The van der Waals surface area contributed by atoms with Crippen molar-refractivity contribution in [2.45, 2.75) is 19.9 Å². The molecule has 2 rings (SSSR count). The van der Waals surface area contributed by atoms with E-state index < -0.39 is 0 Å². The van der Waals surface area contributed by atoms with E-state index in [1.807, 2.05) is 0 Å². The van der Waals surface area contributed by atoms with Gasteiger partial charge in [0.1, 0.15) is 5.82 Å². The molecule has 1 aliphatic rings. The third kappa shape index (κ3) is 5.44. The summed E-state index contributed by atoms with van der Waals surface area (Å²) in [4.78, 5) is 14.3. The molecule has 1 amide bonds. The van der Waals surface area contributed by atoms with E-state index in [4.69, 9.17) is 4.74 Å². The Balaban J connectivity index is 1.87. The van der Waals surface area contributed by atoms with E-state index in [1.54, 1.807) is 18.2 Å². The quantitative estimate of drug-likeness (QED) is 0.818. The third-order valence-electron chi connectivity index (χ3n) is 4.09. The normalized spacial score (nSPS) is 17.6. The number of halogens is 1. The first-order valence-corrected chi connectivity index (χ1v) is 8.10. The van der Waals surface area contributed by atoms with Crippen molar-refractivity contribution in [3.8, 4) is 0 Å². The predicted octanol–water partition coefficient (Wildman–Crippen LogP) is 2.31. The summed E-state index contributed by atoms with van der Waals surface area (Å²) in [6.07, 6.45) is 2.89. The summed E-state index contributed by atoms with van der Waals surface area (Å²) in [7, 11) is 0. The zero-order chi connectivity index (χ0) is 16.7. The molecule has 1 aromatic rings. The number of nitrogens with zero attached hydrogens (tertiary/aromatic N) is 1. The van der Waals surface area contributed by atoms with Crippen LogP contribution in [0.2, 0.25) is 0 Å². The van der Waals surface area contributed by atoms with Gasteiger partial charge in [0.2, 0.25) is 5.91 Å². The van der Waals surface area contributed by atoms with Crippen LogP contribution in [0.25, 0.3) is 6.08 Å². The number of nitrogens with one attached hydrogen (secondary N) is 1. The highest BCUT2D eigenvalue weighted by atomic mass is 19.1. The van der Waals surface area contributed by atoms with E-state index in [2.05, 4.69) is 24.1 Å². The molecule has 5 heteroatoms. The van der Waals surface area contributed by atoms with Crippen molar-refractivity contribution in [2.24, 2.45) is 5.92 Å². The van der Waals surface area contributed by atoms with E-state index in [-0.39, 0.29) is 17.8 Å². The Labute approximate surface area is 137 Å². The van der Waals surface area contributed by atoms with Gasteiger partial charge in [-0.25, -0.2) is 4.39 Å². The molecule has 1 aromatic carbocycles. The van der Waals surface area contributed by atoms with Crippen LogP contribution in [-0.4, -0.2) is 49.7 Å². The van der Waals surface area contributed by atoms with Crippen molar-refractivity contribution in [2.75, 3.05) is 32.8 Å². The summed E-state index contributed by atoms with van der Waals surface area (Å²) >= 11 is 0. The molecule has 1 saturated heterocycles. The van der Waals surface area contributed by atoms with Crippen LogP contribution in [0.15, 0.2) is 30.3 Å². The second-order valence-corrected chi connectivity index (χ2v) is 6.06. The Kier molecular flexibility index (Phi) is 6.74. The van der Waals surface area contributed by atoms with Gasteiger partial charge >= 0.3 is 0 Å². The maximum absolute atomic E-state index is 13.5. The van der Waals surface area contributed by atoms with Gasteiger partial charge in [-0.1, -0.05) is 32.0 Å². The number of carbonyl (C=O) groups is 1. The smallest absolute Gasteiger partial charge is 0.244 e. The number of amides is 1. The van der Waals surface area contributed by atoms with E-state index in [1.165, 1.54) is 18.2 Å². The largest absolute Gasteiger partial charge is 0.379 e. The molecule has 4 nitrogen and oxygen atoms in total. The molecule has 1 unspecified atom stereocenters. The van der Waals surface area contributed by atoms with Crippen LogP contribution in [0.1, 0.15) is 19.4 Å². The molecular formula is C18H25FN2O2. The van der Waals surface area contributed by atoms with Crippen LogP contribution in [0.3, 0.4) is 0 Å². The van der Waals surface area contributed by atoms with E-state index in [0.29, 0.717) is 18.0 Å². The Morgan fingerprint density at radius 3 is 2.70 bits per heavy atom. The standard InChI is InChI=1S/C18H25FN2O2/c1-14(2)17(21-9-11-23-12-10-21)13-20-18(22)8-7-15-5-3-4-6-16(15)19/h3-8,14,17H,9-13H2,1-2H3,(H,20,22). The molecule has 0 spiro atoms. The van der Waals surface area contributed by atoms with Gasteiger partial charge in [-0.05, 0) is 18.1 Å². The highest BCUT2D eigenvalue weighted by molar-refractivity contribution is 5.91. The van der Waals surface area contributed by atoms with Crippen LogP contribution >= 0.6 is 0 Å². The second-order valence-electron chi connectivity index (χ2n) is 6.06. The number of benzene rings is 1. The monoisotopic (exact) mass is 320 g/mol. The van der Waals surface area contributed by atoms with Crippen LogP contribution in [0.4, 0.5) is 4.39 Å². The first-order valence-electron chi connectivity index (χ1n) is 8.10. The lowest BCUT2D eigenvalue weighted by atomic mass is 10.0. The van der Waals surface area contributed by atoms with Gasteiger partial charge in [-0.15, -0.1) is 0 Å². The minimum absolute atomic E-state index is 0.202. The molecular weight excluding hydrogens is 295 g/mol. The highest BCUT2D eigenvalue weighted by Crippen LogP contribution is 2.12. The van der Waals surface area contributed by atoms with Gasteiger partial charge in [0.25, 0.3) is 0 Å². The van der Waals surface area contributed by atoms with Gasteiger partial charge in [0, 0.05) is 37.3 Å². The fourth-order valence-electron chi connectivity index (χ4n) is 2.74. The zero-order valence-electron chi connectivity index (χ0n) is 13.8. The van der Waals surface area contributed by atoms with Crippen molar-refractivity contribution in [1.29, 1.82) is 0 Å². The maximum atomic E-state index is 13.5. The van der Waals surface area contributed by atoms with Crippen molar-refractivity contribution >= 4 is 12.0 Å². The summed E-state index contributed by atoms with van der Waals surface area (Å²) in [5, 5.41) is 2.92. The van der Waals surface area contributed by atoms with Crippen LogP contribution in [0.5, 0.6) is 0 Å². The van der Waals surface area contributed by atoms with Gasteiger partial charge in [-0.3, -0.25) is 9.69 Å². The van der Waals surface area contributed by atoms with Gasteiger partial charge < -0.3 is 10.1 Å². The first-order chi connectivity index (χ1) is 11.1. The maximum Gasteiger partial charge on any atom is 0.244 e. The Morgan fingerprint density at radius 1 is 1.35 bits per heavy atom. The predicted molar refractivity (Wildman–Crippen MR) is 89.5 cm³/mol. The average molecular weight is 320 g/mol. The number of rotatable bonds is 6. The van der Waals surface area contributed by atoms with Gasteiger partial charge in [0.15, 0.2) is 0 Å². The van der Waals surface area contributed by atoms with Crippen LogP contribution in [0, 0.1) is 11.7 Å². The lowest BCUT2D eigenvalue weighted by Gasteiger charge is -2.36. The number of hydrogen-bond acceptors (Lipinski definition) is 3. The summed E-state index contributed by atoms with van der Waals surface area (Å²) in [5.41, 5.74) is 0.413. The fourth-order valence-corrected chi connectivity index (χ4v) is 2.74. The second kappa shape index (κ2) is 8.79. The third-order valence-corrected chi connectivity index (χ3v) is 4.09. The van der Waals surface area contributed by atoms with Crippen molar-refractivity contribution in [3.63, 3.8) is 0 Å². The van der Waals surface area contributed by atoms with E-state index in [9.17, 15) is 9.18 Å². The molecule has 0 aliphatic carbocycles. The molecule has 23 heavy (non-hydrogen) atoms. The van der Waals surface area contributed by atoms with E-state index >= 15 is 0 Å². The summed E-state index contributed by atoms with van der Waals surface area (Å²) < 4.78 is 18.9. The lowest BCUT2D eigenvalue weighted by molar-refractivity contribution is -0.116.